The first-order chi connectivity index (χ1) is 10.5. The van der Waals surface area contributed by atoms with Gasteiger partial charge in [0.25, 0.3) is 0 Å². The van der Waals surface area contributed by atoms with E-state index in [1.165, 1.54) is 19.2 Å². The molecule has 0 radical (unpaired) electrons. The van der Waals surface area contributed by atoms with Crippen molar-refractivity contribution in [2.45, 2.75) is 0 Å². The van der Waals surface area contributed by atoms with Crippen LogP contribution in [0.5, 0.6) is 0 Å². The van der Waals surface area contributed by atoms with Gasteiger partial charge in [0.1, 0.15) is 5.56 Å². The second-order valence-electron chi connectivity index (χ2n) is 4.60. The van der Waals surface area contributed by atoms with Crippen LogP contribution in [0.2, 0.25) is 0 Å². The average molecular weight is 299 g/mol. The lowest BCUT2D eigenvalue weighted by molar-refractivity contribution is -0.894. The Bertz CT molecular complexity index is 780. The molecular weight excluding hydrogens is 288 g/mol. The predicted octanol–water partition coefficient (Wildman–Crippen LogP) is 0.799. The first-order valence-electron chi connectivity index (χ1n) is 6.35. The predicted molar refractivity (Wildman–Crippen MR) is 72.7 cm³/mol. The number of anilines is 1. The summed E-state index contributed by atoms with van der Waals surface area (Å²) >= 11 is 0. The zero-order valence-electron chi connectivity index (χ0n) is 11.5. The van der Waals surface area contributed by atoms with E-state index in [9.17, 15) is 19.6 Å². The van der Waals surface area contributed by atoms with E-state index in [0.29, 0.717) is 4.73 Å². The highest BCUT2D eigenvalue weighted by Crippen LogP contribution is 2.26. The average Bonchev–Trinajstić information content (AvgIpc) is 2.79. The van der Waals surface area contributed by atoms with Crippen molar-refractivity contribution in [1.29, 1.82) is 0 Å². The van der Waals surface area contributed by atoms with Crippen LogP contribution in [0.15, 0.2) is 42.6 Å². The Labute approximate surface area is 124 Å². The summed E-state index contributed by atoms with van der Waals surface area (Å²) in [5.74, 6) is -1.76. The molecule has 0 fully saturated rings. The summed E-state index contributed by atoms with van der Waals surface area (Å²) in [6.07, 6.45) is 1.07. The largest absolute Gasteiger partial charge is 0.465 e. The van der Waals surface area contributed by atoms with E-state index in [4.69, 9.17) is 0 Å². The highest BCUT2D eigenvalue weighted by molar-refractivity contribution is 6.33. The molecule has 7 heteroatoms. The van der Waals surface area contributed by atoms with Crippen molar-refractivity contribution in [3.8, 4) is 0 Å². The number of hydrogen-bond acceptors (Lipinski definition) is 5. The van der Waals surface area contributed by atoms with Gasteiger partial charge < -0.3 is 9.94 Å². The number of pyridine rings is 1. The normalized spacial score (nSPS) is 13.2. The Kier molecular flexibility index (Phi) is 3.10. The van der Waals surface area contributed by atoms with Gasteiger partial charge in [0.05, 0.1) is 18.2 Å². The van der Waals surface area contributed by atoms with Crippen LogP contribution in [0.25, 0.3) is 0 Å². The van der Waals surface area contributed by atoms with Gasteiger partial charge in [0, 0.05) is 6.07 Å². The minimum atomic E-state index is -0.642. The van der Waals surface area contributed by atoms with Crippen molar-refractivity contribution >= 4 is 23.6 Å². The zero-order chi connectivity index (χ0) is 15.9. The molecule has 2 heterocycles. The molecule has 0 aliphatic carbocycles. The molecule has 0 spiro atoms. The molecule has 1 aromatic heterocycles. The van der Waals surface area contributed by atoms with Gasteiger partial charge in [-0.3, -0.25) is 0 Å². The third-order valence-corrected chi connectivity index (χ3v) is 3.35. The van der Waals surface area contributed by atoms with Crippen molar-refractivity contribution in [1.82, 2.24) is 0 Å². The molecule has 2 amide bonds. The topological polar surface area (TPSA) is 87.8 Å². The molecule has 0 atom stereocenters. The molecule has 110 valence electrons. The Morgan fingerprint density at radius 2 is 1.68 bits per heavy atom. The standard InChI is InChI=1S/C15H11N2O5/c1-22-15(20)9-6-7-12(16(21)8-9)17-13(18)10-4-2-3-5-11(10)14(17)19/h2-8,21H,1H3/q+1. The number of aromatic nitrogens is 1. The van der Waals surface area contributed by atoms with E-state index in [2.05, 4.69) is 4.74 Å². The minimum Gasteiger partial charge on any atom is -0.465 e. The maximum atomic E-state index is 12.3. The maximum Gasteiger partial charge on any atom is 0.350 e. The van der Waals surface area contributed by atoms with Crippen LogP contribution in [-0.4, -0.2) is 30.1 Å². The van der Waals surface area contributed by atoms with Crippen LogP contribution in [0, 0.1) is 0 Å². The van der Waals surface area contributed by atoms with Gasteiger partial charge in [-0.2, -0.15) is 0 Å². The zero-order valence-corrected chi connectivity index (χ0v) is 11.5. The molecule has 1 N–H and O–H groups in total. The molecule has 0 saturated carbocycles. The van der Waals surface area contributed by atoms with Crippen molar-refractivity contribution < 1.29 is 29.1 Å². The number of carbonyl (C=O) groups excluding carboxylic acids is 3. The number of amides is 2. The lowest BCUT2D eigenvalue weighted by Gasteiger charge is -2.07. The van der Waals surface area contributed by atoms with Crippen LogP contribution < -0.4 is 9.63 Å². The number of esters is 1. The number of rotatable bonds is 2. The molecule has 0 bridgehead atoms. The van der Waals surface area contributed by atoms with Crippen molar-refractivity contribution in [2.24, 2.45) is 0 Å². The number of hydrogen-bond donors (Lipinski definition) is 1. The third-order valence-electron chi connectivity index (χ3n) is 3.35. The second-order valence-corrected chi connectivity index (χ2v) is 4.60. The summed E-state index contributed by atoms with van der Waals surface area (Å²) in [7, 11) is 1.21. The first kappa shape index (κ1) is 13.7. The molecule has 7 nitrogen and oxygen atoms in total. The number of carbonyl (C=O) groups is 3. The van der Waals surface area contributed by atoms with Crippen molar-refractivity contribution in [3.63, 3.8) is 0 Å². The van der Waals surface area contributed by atoms with Gasteiger partial charge in [-0.05, 0) is 18.2 Å². The monoisotopic (exact) mass is 299 g/mol. The third kappa shape index (κ3) is 1.91. The molecule has 1 aliphatic heterocycles. The number of ether oxygens (including phenoxy) is 1. The molecule has 2 aromatic rings. The highest BCUT2D eigenvalue weighted by atomic mass is 16.5. The Hall–Kier alpha value is -3.22. The lowest BCUT2D eigenvalue weighted by atomic mass is 10.1. The Morgan fingerprint density at radius 3 is 2.18 bits per heavy atom. The second kappa shape index (κ2) is 4.96. The lowest BCUT2D eigenvalue weighted by Crippen LogP contribution is -2.43. The van der Waals surface area contributed by atoms with Gasteiger partial charge in [0.2, 0.25) is 0 Å². The van der Waals surface area contributed by atoms with E-state index in [1.807, 2.05) is 0 Å². The van der Waals surface area contributed by atoms with Crippen molar-refractivity contribution in [3.05, 3.63) is 59.3 Å². The van der Waals surface area contributed by atoms with Gasteiger partial charge in [-0.25, -0.2) is 14.4 Å². The molecular formula is C15H11N2O5+. The Morgan fingerprint density at radius 1 is 1.09 bits per heavy atom. The van der Waals surface area contributed by atoms with Crippen LogP contribution in [0.1, 0.15) is 31.1 Å². The van der Waals surface area contributed by atoms with E-state index < -0.39 is 17.8 Å². The number of fused-ring (bicyclic) bond motifs is 1. The molecule has 1 aliphatic rings. The molecule has 22 heavy (non-hydrogen) atoms. The van der Waals surface area contributed by atoms with E-state index in [-0.39, 0.29) is 22.5 Å². The maximum absolute atomic E-state index is 12.3. The summed E-state index contributed by atoms with van der Waals surface area (Å²) in [4.78, 5) is 36.9. The quantitative estimate of drug-likeness (QED) is 0.383. The summed E-state index contributed by atoms with van der Waals surface area (Å²) < 4.78 is 5.09. The van der Waals surface area contributed by atoms with E-state index in [1.54, 1.807) is 24.3 Å². The number of nitrogens with zero attached hydrogens (tertiary/aromatic N) is 2. The molecule has 0 saturated heterocycles. The Balaban J connectivity index is 2.05. The van der Waals surface area contributed by atoms with Gasteiger partial charge >= 0.3 is 23.6 Å². The summed E-state index contributed by atoms with van der Waals surface area (Å²) in [5, 5.41) is 9.97. The fourth-order valence-corrected chi connectivity index (χ4v) is 2.29. The number of imide groups is 1. The van der Waals surface area contributed by atoms with Crippen LogP contribution >= 0.6 is 0 Å². The first-order valence-corrected chi connectivity index (χ1v) is 6.35. The summed E-state index contributed by atoms with van der Waals surface area (Å²) in [6.45, 7) is 0. The number of benzene rings is 1. The fraction of sp³-hybridized carbons (Fsp3) is 0.0667. The minimum absolute atomic E-state index is 0.0566. The number of methoxy groups -OCH3 is 1. The molecule has 0 unspecified atom stereocenters. The van der Waals surface area contributed by atoms with Gasteiger partial charge in [-0.15, -0.1) is 4.90 Å². The summed E-state index contributed by atoms with van der Waals surface area (Å²) in [5.41, 5.74) is 0.624. The summed E-state index contributed by atoms with van der Waals surface area (Å²) in [6, 6.07) is 9.05. The highest BCUT2D eigenvalue weighted by Gasteiger charge is 2.45. The van der Waals surface area contributed by atoms with Crippen LogP contribution in [0.4, 0.5) is 5.82 Å². The molecule has 3 rings (SSSR count). The van der Waals surface area contributed by atoms with Gasteiger partial charge in [-0.1, -0.05) is 16.9 Å². The van der Waals surface area contributed by atoms with Crippen molar-refractivity contribution in [2.75, 3.05) is 12.0 Å². The smallest absolute Gasteiger partial charge is 0.350 e. The fourth-order valence-electron chi connectivity index (χ4n) is 2.29. The molecule has 1 aromatic carbocycles. The van der Waals surface area contributed by atoms with Gasteiger partial charge in [0.15, 0.2) is 6.20 Å². The van der Waals surface area contributed by atoms with Crippen LogP contribution in [-0.2, 0) is 4.74 Å². The van der Waals surface area contributed by atoms with E-state index in [0.717, 1.165) is 11.1 Å². The SMILES string of the molecule is COC(=O)c1ccc(N2C(=O)c3ccccc3C2=O)[n+](O)c1. The van der Waals surface area contributed by atoms with E-state index >= 15 is 0 Å². The van der Waals surface area contributed by atoms with Crippen LogP contribution in [0.3, 0.4) is 0 Å².